The van der Waals surface area contributed by atoms with E-state index in [1.54, 1.807) is 11.3 Å². The van der Waals surface area contributed by atoms with E-state index in [4.69, 9.17) is 11.6 Å². The van der Waals surface area contributed by atoms with Crippen LogP contribution in [0.25, 0.3) is 10.6 Å². The predicted octanol–water partition coefficient (Wildman–Crippen LogP) is 3.79. The highest BCUT2D eigenvalue weighted by atomic mass is 35.5. The van der Waals surface area contributed by atoms with Crippen molar-refractivity contribution in [3.05, 3.63) is 34.3 Å². The lowest BCUT2D eigenvalue weighted by atomic mass is 10.1. The van der Waals surface area contributed by atoms with E-state index in [0.29, 0.717) is 0 Å². The summed E-state index contributed by atoms with van der Waals surface area (Å²) < 4.78 is 0. The van der Waals surface area contributed by atoms with Crippen LogP contribution in [0.4, 0.5) is 0 Å². The van der Waals surface area contributed by atoms with Crippen LogP contribution in [0.1, 0.15) is 25.8 Å². The quantitative estimate of drug-likeness (QED) is 0.932. The summed E-state index contributed by atoms with van der Waals surface area (Å²) in [6.45, 7) is 7.38. The number of rotatable bonds is 4. The molecule has 19 heavy (non-hydrogen) atoms. The van der Waals surface area contributed by atoms with E-state index in [1.807, 2.05) is 24.3 Å². The largest absolute Gasteiger partial charge is 0.312 e. The second-order valence-electron chi connectivity index (χ2n) is 5.44. The third kappa shape index (κ3) is 4.56. The Hall–Kier alpha value is -0.970. The Bertz CT molecular complexity index is 546. The molecule has 5 heteroatoms. The molecule has 0 fully saturated rings. The Balaban J connectivity index is 1.99. The highest BCUT2D eigenvalue weighted by molar-refractivity contribution is 7.14. The van der Waals surface area contributed by atoms with Crippen LogP contribution >= 0.6 is 22.9 Å². The van der Waals surface area contributed by atoms with Gasteiger partial charge in [0.05, 0.1) is 0 Å². The predicted molar refractivity (Wildman–Crippen MR) is 81.8 cm³/mol. The zero-order valence-electron chi connectivity index (χ0n) is 11.4. The highest BCUT2D eigenvalue weighted by Crippen LogP contribution is 2.25. The molecule has 0 bridgehead atoms. The average Bonchev–Trinajstić information content (AvgIpc) is 2.76. The number of hydrogen-bond acceptors (Lipinski definition) is 4. The molecule has 0 saturated heterocycles. The van der Waals surface area contributed by atoms with Crippen LogP contribution in [0.15, 0.2) is 24.3 Å². The van der Waals surface area contributed by atoms with Crippen LogP contribution in [-0.4, -0.2) is 22.3 Å². The first kappa shape index (κ1) is 14.4. The maximum Gasteiger partial charge on any atom is 0.147 e. The molecule has 1 heterocycles. The van der Waals surface area contributed by atoms with E-state index < -0.39 is 0 Å². The first-order chi connectivity index (χ1) is 8.94. The fourth-order valence-corrected chi connectivity index (χ4v) is 2.66. The first-order valence-electron chi connectivity index (χ1n) is 6.27. The molecule has 1 N–H and O–H groups in total. The smallest absolute Gasteiger partial charge is 0.147 e. The Morgan fingerprint density at radius 2 is 2.05 bits per heavy atom. The van der Waals surface area contributed by atoms with Crippen molar-refractivity contribution in [1.82, 2.24) is 15.5 Å². The van der Waals surface area contributed by atoms with Crippen LogP contribution < -0.4 is 5.32 Å². The summed E-state index contributed by atoms with van der Waals surface area (Å²) in [5.74, 6) is 0. The third-order valence-corrected chi connectivity index (χ3v) is 3.80. The topological polar surface area (TPSA) is 37.8 Å². The second kappa shape index (κ2) is 5.99. The molecular weight excluding hydrogens is 278 g/mol. The maximum atomic E-state index is 5.98. The van der Waals surface area contributed by atoms with E-state index in [9.17, 15) is 0 Å². The van der Waals surface area contributed by atoms with E-state index in [0.717, 1.165) is 33.6 Å². The lowest BCUT2D eigenvalue weighted by Gasteiger charge is -2.19. The molecule has 0 saturated carbocycles. The van der Waals surface area contributed by atoms with Crippen LogP contribution in [-0.2, 0) is 6.42 Å². The minimum Gasteiger partial charge on any atom is -0.312 e. The number of benzene rings is 1. The minimum atomic E-state index is 0.139. The van der Waals surface area contributed by atoms with E-state index in [2.05, 4.69) is 36.3 Å². The van der Waals surface area contributed by atoms with Gasteiger partial charge in [0, 0.05) is 29.1 Å². The van der Waals surface area contributed by atoms with E-state index in [-0.39, 0.29) is 5.54 Å². The van der Waals surface area contributed by atoms with Gasteiger partial charge in [-0.3, -0.25) is 0 Å². The molecule has 1 aromatic heterocycles. The van der Waals surface area contributed by atoms with Crippen LogP contribution in [0.3, 0.4) is 0 Å². The molecule has 0 aliphatic carbocycles. The molecular formula is C14H18ClN3S. The van der Waals surface area contributed by atoms with Gasteiger partial charge in [-0.2, -0.15) is 0 Å². The summed E-state index contributed by atoms with van der Waals surface area (Å²) in [7, 11) is 0. The zero-order valence-corrected chi connectivity index (χ0v) is 13.0. The van der Waals surface area contributed by atoms with Gasteiger partial charge in [-0.05, 0) is 32.9 Å². The van der Waals surface area contributed by atoms with Gasteiger partial charge in [0.15, 0.2) is 0 Å². The SMILES string of the molecule is CC(C)(C)NCCc1nnc(-c2cccc(Cl)c2)s1. The van der Waals surface area contributed by atoms with Gasteiger partial charge in [-0.25, -0.2) is 0 Å². The van der Waals surface area contributed by atoms with Crippen LogP contribution in [0.2, 0.25) is 5.02 Å². The van der Waals surface area contributed by atoms with Crippen molar-refractivity contribution < 1.29 is 0 Å². The summed E-state index contributed by atoms with van der Waals surface area (Å²) in [5.41, 5.74) is 1.17. The third-order valence-electron chi connectivity index (χ3n) is 2.53. The van der Waals surface area contributed by atoms with Gasteiger partial charge < -0.3 is 5.32 Å². The fourth-order valence-electron chi connectivity index (χ4n) is 1.64. The molecule has 102 valence electrons. The molecule has 0 radical (unpaired) electrons. The monoisotopic (exact) mass is 295 g/mol. The number of nitrogens with one attached hydrogen (secondary N) is 1. The molecule has 2 rings (SSSR count). The fraction of sp³-hybridized carbons (Fsp3) is 0.429. The van der Waals surface area contributed by atoms with Crippen molar-refractivity contribution in [3.8, 4) is 10.6 Å². The molecule has 3 nitrogen and oxygen atoms in total. The van der Waals surface area contributed by atoms with E-state index >= 15 is 0 Å². The zero-order chi connectivity index (χ0) is 13.9. The number of aromatic nitrogens is 2. The van der Waals surface area contributed by atoms with Crippen LogP contribution in [0, 0.1) is 0 Å². The molecule has 1 aromatic carbocycles. The lowest BCUT2D eigenvalue weighted by Crippen LogP contribution is -2.37. The minimum absolute atomic E-state index is 0.139. The van der Waals surface area contributed by atoms with Crippen LogP contribution in [0.5, 0.6) is 0 Å². The number of halogens is 1. The van der Waals surface area contributed by atoms with Gasteiger partial charge in [0.25, 0.3) is 0 Å². The van der Waals surface area contributed by atoms with Gasteiger partial charge in [0.2, 0.25) is 0 Å². The highest BCUT2D eigenvalue weighted by Gasteiger charge is 2.10. The number of nitrogens with zero attached hydrogens (tertiary/aromatic N) is 2. The summed E-state index contributed by atoms with van der Waals surface area (Å²) in [4.78, 5) is 0. The van der Waals surface area contributed by atoms with Crippen molar-refractivity contribution in [2.24, 2.45) is 0 Å². The Morgan fingerprint density at radius 1 is 1.26 bits per heavy atom. The standard InChI is InChI=1S/C14H18ClN3S/c1-14(2,3)16-8-7-12-17-18-13(19-12)10-5-4-6-11(15)9-10/h4-6,9,16H,7-8H2,1-3H3. The Morgan fingerprint density at radius 3 is 2.74 bits per heavy atom. The first-order valence-corrected chi connectivity index (χ1v) is 7.47. The van der Waals surface area contributed by atoms with Crippen molar-refractivity contribution in [2.75, 3.05) is 6.54 Å². The summed E-state index contributed by atoms with van der Waals surface area (Å²) >= 11 is 7.61. The molecule has 2 aromatic rings. The Kier molecular flexibility index (Phi) is 4.55. The number of hydrogen-bond donors (Lipinski definition) is 1. The second-order valence-corrected chi connectivity index (χ2v) is 6.94. The molecule has 0 aliphatic rings. The summed E-state index contributed by atoms with van der Waals surface area (Å²) in [5, 5.41) is 14.6. The van der Waals surface area contributed by atoms with Gasteiger partial charge in [-0.15, -0.1) is 10.2 Å². The van der Waals surface area contributed by atoms with Gasteiger partial charge >= 0.3 is 0 Å². The van der Waals surface area contributed by atoms with E-state index in [1.165, 1.54) is 0 Å². The van der Waals surface area contributed by atoms with Gasteiger partial charge in [0.1, 0.15) is 10.0 Å². The maximum absolute atomic E-state index is 5.98. The van der Waals surface area contributed by atoms with Gasteiger partial charge in [-0.1, -0.05) is 35.1 Å². The molecule has 0 spiro atoms. The Labute approximate surface area is 123 Å². The van der Waals surface area contributed by atoms with Crippen molar-refractivity contribution >= 4 is 22.9 Å². The average molecular weight is 296 g/mol. The molecule has 0 unspecified atom stereocenters. The summed E-state index contributed by atoms with van der Waals surface area (Å²) in [6.07, 6.45) is 0.898. The normalized spacial score (nSPS) is 11.8. The molecule has 0 aliphatic heterocycles. The van der Waals surface area contributed by atoms with Crippen molar-refractivity contribution in [1.29, 1.82) is 0 Å². The lowest BCUT2D eigenvalue weighted by molar-refractivity contribution is 0.429. The van der Waals surface area contributed by atoms with Crippen molar-refractivity contribution in [2.45, 2.75) is 32.7 Å². The molecule has 0 atom stereocenters. The molecule has 0 amide bonds. The summed E-state index contributed by atoms with van der Waals surface area (Å²) in [6, 6.07) is 7.71. The van der Waals surface area contributed by atoms with Crippen molar-refractivity contribution in [3.63, 3.8) is 0 Å².